The van der Waals surface area contributed by atoms with Gasteiger partial charge in [-0.25, -0.2) is 6.07 Å². The van der Waals surface area contributed by atoms with Crippen molar-refractivity contribution in [1.29, 1.82) is 0 Å². The van der Waals surface area contributed by atoms with Crippen LogP contribution in [0.2, 0.25) is 0 Å². The number of benzene rings is 6. The maximum atomic E-state index is 2.49. The zero-order valence-corrected chi connectivity index (χ0v) is 28.5. The second-order valence-corrected chi connectivity index (χ2v) is 17.1. The average molecular weight is 618 g/mol. The van der Waals surface area contributed by atoms with Gasteiger partial charge in [0.05, 0.1) is 0 Å². The number of hydrogen-bond acceptors (Lipinski definition) is 0. The molecule has 0 aliphatic carbocycles. The van der Waals surface area contributed by atoms with Crippen molar-refractivity contribution in [3.05, 3.63) is 167 Å². The summed E-state index contributed by atoms with van der Waals surface area (Å²) in [5.74, 6) is 0. The number of rotatable bonds is 7. The van der Waals surface area contributed by atoms with E-state index in [0.29, 0.717) is 5.66 Å². The first-order chi connectivity index (χ1) is 21.9. The van der Waals surface area contributed by atoms with Crippen molar-refractivity contribution >= 4 is 63.9 Å². The first-order valence-electron chi connectivity index (χ1n) is 15.8. The van der Waals surface area contributed by atoms with Crippen LogP contribution in [0.1, 0.15) is 40.4 Å². The van der Waals surface area contributed by atoms with Crippen LogP contribution < -0.4 is 26.5 Å². The number of fused-ring (bicyclic) bond motifs is 2. The van der Waals surface area contributed by atoms with Crippen LogP contribution in [0, 0.1) is 27.7 Å². The molecule has 0 aliphatic heterocycles. The highest BCUT2D eigenvalue weighted by molar-refractivity contribution is 7.81. The minimum absolute atomic E-state index is 0.336. The van der Waals surface area contributed by atoms with Gasteiger partial charge in [-0.3, -0.25) is 0 Å². The van der Waals surface area contributed by atoms with E-state index in [1.165, 1.54) is 75.9 Å². The Morgan fingerprint density at radius 1 is 0.511 bits per heavy atom. The Balaban J connectivity index is 1.47. The second kappa shape index (κ2) is 12.4. The third kappa shape index (κ3) is 5.79. The Hall–Kier alpha value is -3.95. The molecule has 0 fully saturated rings. The Bertz CT molecular complexity index is 1970. The standard InChI is InChI=1S/C43H39P2/c1-29-23-30(2)26-36(25-29)44(37-27-31(3)24-32(4)28-37)33(5)38-19-12-22-41(38)45(42-20-10-15-34-13-6-8-17-39(34)42)43-21-11-16-35-14-7-9-18-40(35)43/h6-28,33H,1-5H3/q-1/t33-/m1/s1. The fraction of sp³-hybridized carbons (Fsp3) is 0.140. The van der Waals surface area contributed by atoms with E-state index in [0.717, 1.165) is 0 Å². The molecule has 0 aliphatic rings. The zero-order valence-electron chi connectivity index (χ0n) is 26.8. The van der Waals surface area contributed by atoms with E-state index in [1.807, 2.05) is 0 Å². The molecule has 0 saturated carbocycles. The molecule has 7 rings (SSSR count). The molecule has 2 heteroatoms. The highest BCUT2D eigenvalue weighted by Gasteiger charge is 2.26. The van der Waals surface area contributed by atoms with Gasteiger partial charge >= 0.3 is 0 Å². The first-order valence-corrected chi connectivity index (χ1v) is 18.6. The van der Waals surface area contributed by atoms with Crippen LogP contribution in [0.5, 0.6) is 0 Å². The molecule has 0 unspecified atom stereocenters. The Morgan fingerprint density at radius 3 is 1.44 bits per heavy atom. The lowest BCUT2D eigenvalue weighted by Gasteiger charge is -2.34. The molecule has 0 aromatic heterocycles. The lowest BCUT2D eigenvalue weighted by atomic mass is 10.1. The largest absolute Gasteiger partial charge is 0.209 e. The molecule has 45 heavy (non-hydrogen) atoms. The van der Waals surface area contributed by atoms with Crippen LogP contribution >= 0.6 is 15.8 Å². The third-order valence-electron chi connectivity index (χ3n) is 8.89. The van der Waals surface area contributed by atoms with Crippen LogP contribution in [0.15, 0.2) is 140 Å². The predicted octanol–water partition coefficient (Wildman–Crippen LogP) is 9.90. The summed E-state index contributed by atoms with van der Waals surface area (Å²) in [5.41, 5.74) is 7.17. The topological polar surface area (TPSA) is 0 Å². The van der Waals surface area contributed by atoms with Crippen LogP contribution in [-0.4, -0.2) is 0 Å². The van der Waals surface area contributed by atoms with E-state index in [9.17, 15) is 0 Å². The molecule has 0 bridgehead atoms. The number of aryl methyl sites for hydroxylation is 4. The normalized spacial score (nSPS) is 12.4. The summed E-state index contributed by atoms with van der Waals surface area (Å²) >= 11 is 0. The van der Waals surface area contributed by atoms with Gasteiger partial charge in [0, 0.05) is 0 Å². The fourth-order valence-corrected chi connectivity index (χ4v) is 13.2. The van der Waals surface area contributed by atoms with E-state index in [-0.39, 0.29) is 0 Å². The molecular weight excluding hydrogens is 578 g/mol. The molecule has 7 aromatic rings. The highest BCUT2D eigenvalue weighted by atomic mass is 31.1. The maximum Gasteiger partial charge on any atom is -0.00923 e. The molecule has 0 heterocycles. The predicted molar refractivity (Wildman–Crippen MR) is 202 cm³/mol. The molecule has 0 saturated heterocycles. The van der Waals surface area contributed by atoms with Crippen molar-refractivity contribution in [2.24, 2.45) is 0 Å². The van der Waals surface area contributed by atoms with Crippen LogP contribution in [0.3, 0.4) is 0 Å². The third-order valence-corrected chi connectivity index (χ3v) is 14.2. The van der Waals surface area contributed by atoms with Gasteiger partial charge in [0.25, 0.3) is 0 Å². The SMILES string of the molecule is Cc1cc(C)cc(P(c2cc(C)cc(C)c2)[C@H](C)c2cc[cH-]c2P(c2cccc3ccccc23)c2cccc3ccccc23)c1. The molecule has 0 N–H and O–H groups in total. The van der Waals surface area contributed by atoms with Crippen molar-refractivity contribution in [1.82, 2.24) is 0 Å². The Kier molecular flexibility index (Phi) is 8.23. The molecule has 0 nitrogen and oxygen atoms in total. The van der Waals surface area contributed by atoms with Gasteiger partial charge in [-0.1, -0.05) is 151 Å². The summed E-state index contributed by atoms with van der Waals surface area (Å²) in [6.45, 7) is 11.4. The molecule has 7 aromatic carbocycles. The van der Waals surface area contributed by atoms with E-state index in [4.69, 9.17) is 0 Å². The quantitative estimate of drug-likeness (QED) is 0.123. The van der Waals surface area contributed by atoms with Crippen molar-refractivity contribution in [2.45, 2.75) is 40.3 Å². The summed E-state index contributed by atoms with van der Waals surface area (Å²) in [5, 5.41) is 12.6. The molecule has 0 spiro atoms. The lowest BCUT2D eigenvalue weighted by molar-refractivity contribution is 1.11. The summed E-state index contributed by atoms with van der Waals surface area (Å²) in [4.78, 5) is 0. The Morgan fingerprint density at radius 2 is 0.956 bits per heavy atom. The monoisotopic (exact) mass is 617 g/mol. The minimum Gasteiger partial charge on any atom is -0.209 e. The molecule has 0 amide bonds. The van der Waals surface area contributed by atoms with Gasteiger partial charge in [0.2, 0.25) is 0 Å². The van der Waals surface area contributed by atoms with Crippen molar-refractivity contribution in [3.63, 3.8) is 0 Å². The summed E-state index contributed by atoms with van der Waals surface area (Å²) in [6, 6.07) is 53.1. The summed E-state index contributed by atoms with van der Waals surface area (Å²) in [7, 11) is -1.50. The van der Waals surface area contributed by atoms with Crippen LogP contribution in [0.4, 0.5) is 0 Å². The maximum absolute atomic E-state index is 2.49. The van der Waals surface area contributed by atoms with E-state index < -0.39 is 15.8 Å². The van der Waals surface area contributed by atoms with Crippen molar-refractivity contribution in [2.75, 3.05) is 0 Å². The number of hydrogen-bond donors (Lipinski definition) is 0. The van der Waals surface area contributed by atoms with E-state index in [2.05, 4.69) is 174 Å². The Labute approximate surface area is 270 Å². The second-order valence-electron chi connectivity index (χ2n) is 12.4. The van der Waals surface area contributed by atoms with Crippen molar-refractivity contribution < 1.29 is 0 Å². The van der Waals surface area contributed by atoms with Crippen LogP contribution in [0.25, 0.3) is 21.5 Å². The first kappa shape index (κ1) is 29.7. The lowest BCUT2D eigenvalue weighted by Crippen LogP contribution is -2.25. The highest BCUT2D eigenvalue weighted by Crippen LogP contribution is 2.52. The minimum atomic E-state index is -0.839. The van der Waals surface area contributed by atoms with Gasteiger partial charge in [-0.15, -0.1) is 5.30 Å². The molecule has 222 valence electrons. The molecular formula is C43H39P2-. The molecule has 1 atom stereocenters. The van der Waals surface area contributed by atoms with E-state index >= 15 is 0 Å². The van der Waals surface area contributed by atoms with Gasteiger partial charge in [-0.05, 0) is 92.0 Å². The van der Waals surface area contributed by atoms with Gasteiger partial charge in [0.1, 0.15) is 0 Å². The average Bonchev–Trinajstić information content (AvgIpc) is 3.50. The van der Waals surface area contributed by atoms with Crippen molar-refractivity contribution in [3.8, 4) is 0 Å². The van der Waals surface area contributed by atoms with Gasteiger partial charge in [0.15, 0.2) is 0 Å². The molecule has 0 radical (unpaired) electrons. The van der Waals surface area contributed by atoms with E-state index in [1.54, 1.807) is 0 Å². The van der Waals surface area contributed by atoms with Crippen LogP contribution in [-0.2, 0) is 0 Å². The fourth-order valence-electron chi connectivity index (χ4n) is 7.09. The smallest absolute Gasteiger partial charge is 0.00923 e. The van der Waals surface area contributed by atoms with Gasteiger partial charge < -0.3 is 0 Å². The summed E-state index contributed by atoms with van der Waals surface area (Å²) < 4.78 is 0. The zero-order chi connectivity index (χ0) is 31.1. The van der Waals surface area contributed by atoms with Gasteiger partial charge in [-0.2, -0.15) is 17.7 Å². The summed E-state index contributed by atoms with van der Waals surface area (Å²) in [6.07, 6.45) is 0.